The van der Waals surface area contributed by atoms with Crippen LogP contribution in [-0.4, -0.2) is 28.5 Å². The fourth-order valence-corrected chi connectivity index (χ4v) is 2.78. The molecule has 2 aliphatic heterocycles. The van der Waals surface area contributed by atoms with Crippen molar-refractivity contribution in [3.8, 4) is 11.5 Å². The molecule has 4 rings (SSSR count). The van der Waals surface area contributed by atoms with Gasteiger partial charge in [-0.15, -0.1) is 5.10 Å². The van der Waals surface area contributed by atoms with Crippen LogP contribution >= 0.6 is 0 Å². The van der Waals surface area contributed by atoms with Crippen LogP contribution in [0.5, 0.6) is 11.5 Å². The fraction of sp³-hybridized carbons (Fsp3) is 0.176. The largest absolute Gasteiger partial charge is 0.454 e. The number of amides is 1. The predicted octanol–water partition coefficient (Wildman–Crippen LogP) is 2.56. The van der Waals surface area contributed by atoms with Crippen molar-refractivity contribution in [1.82, 2.24) is 5.01 Å². The maximum Gasteiger partial charge on any atom is 0.278 e. The van der Waals surface area contributed by atoms with Crippen molar-refractivity contribution >= 4 is 17.5 Å². The Balaban J connectivity index is 1.72. The Morgan fingerprint density at radius 3 is 2.77 bits per heavy atom. The summed E-state index contributed by atoms with van der Waals surface area (Å²) in [5.74, 6) is 0.911. The van der Waals surface area contributed by atoms with Crippen molar-refractivity contribution in [2.75, 3.05) is 6.79 Å². The monoisotopic (exact) mass is 355 g/mol. The quantitative estimate of drug-likeness (QED) is 0.619. The topological polar surface area (TPSA) is 104 Å². The Hall–Kier alpha value is -3.62. The Bertz CT molecular complexity index is 942. The molecule has 2 heterocycles. The third kappa shape index (κ3) is 2.59. The maximum absolute atomic E-state index is 12.0. The van der Waals surface area contributed by atoms with Gasteiger partial charge in [-0.1, -0.05) is 12.1 Å². The Labute approximate surface area is 147 Å². The maximum atomic E-state index is 12.0. The number of nitrogens with zero attached hydrogens (tertiary/aromatic N) is 3. The third-order valence-electron chi connectivity index (χ3n) is 3.99. The smallest absolute Gasteiger partial charge is 0.278 e. The summed E-state index contributed by atoms with van der Waals surface area (Å²) in [4.78, 5) is 22.8. The lowest BCUT2D eigenvalue weighted by atomic mass is 10.1. The predicted molar refractivity (Wildman–Crippen MR) is 88.5 cm³/mol. The first kappa shape index (κ1) is 15.9. The van der Waals surface area contributed by atoms with Crippen molar-refractivity contribution in [3.05, 3.63) is 63.7 Å². The summed E-state index contributed by atoms with van der Waals surface area (Å²) < 4.78 is 16.4. The molecular weight excluding hydrogens is 342 g/mol. The number of rotatable bonds is 3. The number of carbonyl (C=O) groups excluding carboxylic acids is 1. The van der Waals surface area contributed by atoms with Crippen LogP contribution < -0.4 is 9.47 Å². The highest BCUT2D eigenvalue weighted by Gasteiger charge is 2.37. The van der Waals surface area contributed by atoms with Gasteiger partial charge in [0.2, 0.25) is 24.8 Å². The first-order valence-corrected chi connectivity index (χ1v) is 7.73. The normalized spacial score (nSPS) is 17.7. The van der Waals surface area contributed by atoms with Crippen molar-refractivity contribution < 1.29 is 23.9 Å². The summed E-state index contributed by atoms with van der Waals surface area (Å²) in [5, 5.41) is 16.6. The standard InChI is InChI=1S/C17H13N3O6/c1-10(21)19-17(12-4-2-3-5-13(12)20(22)23)26-16(18-19)11-6-7-14-15(8-11)25-9-24-14/h2-8,17H,9H2,1H3. The molecule has 1 unspecified atom stereocenters. The molecule has 26 heavy (non-hydrogen) atoms. The molecule has 0 bridgehead atoms. The molecule has 2 aliphatic rings. The number of fused-ring (bicyclic) bond motifs is 1. The molecule has 132 valence electrons. The lowest BCUT2D eigenvalue weighted by Gasteiger charge is -2.19. The van der Waals surface area contributed by atoms with Crippen LogP contribution in [-0.2, 0) is 9.53 Å². The lowest BCUT2D eigenvalue weighted by molar-refractivity contribution is -0.386. The van der Waals surface area contributed by atoms with E-state index in [2.05, 4.69) is 5.10 Å². The van der Waals surface area contributed by atoms with Crippen LogP contribution in [0.3, 0.4) is 0 Å². The number of carbonyl (C=O) groups is 1. The van der Waals surface area contributed by atoms with Crippen LogP contribution in [0.2, 0.25) is 0 Å². The van der Waals surface area contributed by atoms with Crippen molar-refractivity contribution in [1.29, 1.82) is 0 Å². The van der Waals surface area contributed by atoms with Crippen molar-refractivity contribution in [2.45, 2.75) is 13.2 Å². The molecule has 0 aromatic heterocycles. The third-order valence-corrected chi connectivity index (χ3v) is 3.99. The summed E-state index contributed by atoms with van der Waals surface area (Å²) in [6, 6.07) is 11.2. The number of hydrazone groups is 1. The molecule has 0 N–H and O–H groups in total. The highest BCUT2D eigenvalue weighted by molar-refractivity contribution is 5.97. The number of ether oxygens (including phenoxy) is 3. The molecule has 0 radical (unpaired) electrons. The van der Waals surface area contributed by atoms with Crippen LogP contribution in [0.1, 0.15) is 24.3 Å². The minimum Gasteiger partial charge on any atom is -0.454 e. The minimum atomic E-state index is -1.02. The van der Waals surface area contributed by atoms with E-state index in [0.29, 0.717) is 17.1 Å². The van der Waals surface area contributed by atoms with Crippen molar-refractivity contribution in [3.63, 3.8) is 0 Å². The summed E-state index contributed by atoms with van der Waals surface area (Å²) >= 11 is 0. The molecule has 2 aromatic carbocycles. The second kappa shape index (κ2) is 6.03. The second-order valence-electron chi connectivity index (χ2n) is 5.62. The highest BCUT2D eigenvalue weighted by Crippen LogP contribution is 2.37. The number of nitro benzene ring substituents is 1. The molecule has 0 fully saturated rings. The average Bonchev–Trinajstić information content (AvgIpc) is 3.28. The molecule has 0 saturated carbocycles. The van der Waals surface area contributed by atoms with Gasteiger partial charge in [0, 0.05) is 18.6 Å². The van der Waals surface area contributed by atoms with Gasteiger partial charge in [0.25, 0.3) is 5.69 Å². The molecule has 0 spiro atoms. The van der Waals surface area contributed by atoms with Crippen molar-refractivity contribution in [2.24, 2.45) is 5.10 Å². The van der Waals surface area contributed by atoms with Crippen LogP contribution in [0.15, 0.2) is 47.6 Å². The molecule has 0 saturated heterocycles. The Morgan fingerprint density at radius 1 is 1.23 bits per heavy atom. The zero-order valence-electron chi connectivity index (χ0n) is 13.6. The van der Waals surface area contributed by atoms with E-state index in [9.17, 15) is 14.9 Å². The number of nitro groups is 1. The van der Waals surface area contributed by atoms with Gasteiger partial charge in [0.15, 0.2) is 11.5 Å². The SMILES string of the molecule is CC(=O)N1N=C(c2ccc3c(c2)OCO3)OC1c1ccccc1[N+](=O)[O-]. The number of para-hydroxylation sites is 1. The molecule has 2 aromatic rings. The molecule has 1 atom stereocenters. The van der Waals surface area contributed by atoms with E-state index in [1.165, 1.54) is 19.1 Å². The fourth-order valence-electron chi connectivity index (χ4n) is 2.78. The van der Waals surface area contributed by atoms with Crippen LogP contribution in [0.4, 0.5) is 5.69 Å². The van der Waals surface area contributed by atoms with E-state index in [1.54, 1.807) is 30.3 Å². The molecule has 9 nitrogen and oxygen atoms in total. The number of hydrogen-bond donors (Lipinski definition) is 0. The van der Waals surface area contributed by atoms with Gasteiger partial charge >= 0.3 is 0 Å². The van der Waals surface area contributed by atoms with Crippen LogP contribution in [0.25, 0.3) is 0 Å². The van der Waals surface area contributed by atoms with Gasteiger partial charge in [0.05, 0.1) is 10.5 Å². The molecule has 9 heteroatoms. The average molecular weight is 355 g/mol. The Morgan fingerprint density at radius 2 is 2.00 bits per heavy atom. The van der Waals surface area contributed by atoms with Gasteiger partial charge in [-0.3, -0.25) is 14.9 Å². The first-order chi connectivity index (χ1) is 12.5. The molecule has 1 amide bonds. The molecular formula is C17H13N3O6. The van der Waals surface area contributed by atoms with E-state index >= 15 is 0 Å². The summed E-state index contributed by atoms with van der Waals surface area (Å²) in [6.07, 6.45) is -1.02. The van der Waals surface area contributed by atoms with E-state index in [4.69, 9.17) is 14.2 Å². The van der Waals surface area contributed by atoms with Gasteiger partial charge in [0.1, 0.15) is 0 Å². The summed E-state index contributed by atoms with van der Waals surface area (Å²) in [6.45, 7) is 1.45. The van der Waals surface area contributed by atoms with E-state index in [1.807, 2.05) is 0 Å². The van der Waals surface area contributed by atoms with Gasteiger partial charge in [-0.05, 0) is 24.3 Å². The minimum absolute atomic E-state index is 0.129. The van der Waals surface area contributed by atoms with E-state index < -0.39 is 17.1 Å². The zero-order chi connectivity index (χ0) is 18.3. The first-order valence-electron chi connectivity index (χ1n) is 7.73. The molecule has 0 aliphatic carbocycles. The zero-order valence-corrected chi connectivity index (χ0v) is 13.6. The second-order valence-corrected chi connectivity index (χ2v) is 5.62. The Kier molecular flexibility index (Phi) is 3.68. The van der Waals surface area contributed by atoms with Gasteiger partial charge in [-0.25, -0.2) is 0 Å². The van der Waals surface area contributed by atoms with Gasteiger partial charge < -0.3 is 14.2 Å². The number of hydrogen-bond acceptors (Lipinski definition) is 7. The summed E-state index contributed by atoms with van der Waals surface area (Å²) in [7, 11) is 0. The summed E-state index contributed by atoms with van der Waals surface area (Å²) in [5.41, 5.74) is 0.666. The number of benzene rings is 2. The lowest BCUT2D eigenvalue weighted by Crippen LogP contribution is -2.25. The van der Waals surface area contributed by atoms with Crippen LogP contribution in [0, 0.1) is 10.1 Å². The van der Waals surface area contributed by atoms with Gasteiger partial charge in [-0.2, -0.15) is 5.01 Å². The van der Waals surface area contributed by atoms with E-state index in [0.717, 1.165) is 5.01 Å². The highest BCUT2D eigenvalue weighted by atomic mass is 16.7. The van der Waals surface area contributed by atoms with E-state index in [-0.39, 0.29) is 23.9 Å².